The van der Waals surface area contributed by atoms with Crippen molar-refractivity contribution < 1.29 is 14.3 Å². The van der Waals surface area contributed by atoms with Gasteiger partial charge in [0.25, 0.3) is 0 Å². The van der Waals surface area contributed by atoms with E-state index >= 15 is 0 Å². The number of amides is 1. The molecule has 1 N–H and O–H groups in total. The normalized spacial score (nSPS) is 13.2. The molecule has 0 unspecified atom stereocenters. The Hall–Kier alpha value is -3.55. The van der Waals surface area contributed by atoms with Crippen molar-refractivity contribution in [3.63, 3.8) is 0 Å². The van der Waals surface area contributed by atoms with E-state index in [4.69, 9.17) is 9.47 Å². The molecule has 0 atom stereocenters. The standard InChI is InChI=1S/C21H22N4O4/c1-28-16-10-11-17(18(12-16)29-2)22-19(26)13-24-21(27)25(15-6-4-3-5-7-15)20(23-24)14-8-9-14/h3-7,10-12,14H,8-9,13H2,1-2H3,(H,22,26). The summed E-state index contributed by atoms with van der Waals surface area (Å²) in [6, 6.07) is 14.5. The molecule has 29 heavy (non-hydrogen) atoms. The first-order valence-electron chi connectivity index (χ1n) is 9.37. The number of para-hydroxylation sites is 1. The highest BCUT2D eigenvalue weighted by Crippen LogP contribution is 2.39. The van der Waals surface area contributed by atoms with Gasteiger partial charge in [-0.05, 0) is 37.1 Å². The summed E-state index contributed by atoms with van der Waals surface area (Å²) >= 11 is 0. The van der Waals surface area contributed by atoms with E-state index in [1.807, 2.05) is 30.3 Å². The second-order valence-corrected chi connectivity index (χ2v) is 6.86. The van der Waals surface area contributed by atoms with E-state index in [1.54, 1.807) is 29.9 Å². The zero-order valence-electron chi connectivity index (χ0n) is 16.3. The van der Waals surface area contributed by atoms with Crippen molar-refractivity contribution in [2.45, 2.75) is 25.3 Å². The Morgan fingerprint density at radius 3 is 2.55 bits per heavy atom. The smallest absolute Gasteiger partial charge is 0.351 e. The van der Waals surface area contributed by atoms with Gasteiger partial charge in [-0.25, -0.2) is 14.0 Å². The van der Waals surface area contributed by atoms with E-state index < -0.39 is 0 Å². The summed E-state index contributed by atoms with van der Waals surface area (Å²) < 4.78 is 13.3. The Labute approximate surface area is 167 Å². The van der Waals surface area contributed by atoms with Gasteiger partial charge >= 0.3 is 5.69 Å². The van der Waals surface area contributed by atoms with Crippen LogP contribution in [0.2, 0.25) is 0 Å². The van der Waals surface area contributed by atoms with Gasteiger partial charge in [-0.1, -0.05) is 18.2 Å². The summed E-state index contributed by atoms with van der Waals surface area (Å²) in [5, 5.41) is 7.23. The molecule has 0 spiro atoms. The summed E-state index contributed by atoms with van der Waals surface area (Å²) in [6.45, 7) is -0.187. The van der Waals surface area contributed by atoms with E-state index in [1.165, 1.54) is 11.8 Å². The van der Waals surface area contributed by atoms with Crippen LogP contribution in [0.25, 0.3) is 5.69 Å². The molecule has 8 nitrogen and oxygen atoms in total. The molecule has 1 heterocycles. The number of anilines is 1. The Balaban J connectivity index is 1.59. The van der Waals surface area contributed by atoms with E-state index in [-0.39, 0.29) is 24.1 Å². The third kappa shape index (κ3) is 3.87. The first-order valence-corrected chi connectivity index (χ1v) is 9.37. The van der Waals surface area contributed by atoms with Crippen LogP contribution in [-0.2, 0) is 11.3 Å². The molecule has 0 bridgehead atoms. The molecule has 4 rings (SSSR count). The summed E-state index contributed by atoms with van der Waals surface area (Å²) in [7, 11) is 3.07. The molecule has 2 aromatic carbocycles. The summed E-state index contributed by atoms with van der Waals surface area (Å²) in [6.07, 6.45) is 2.00. The fourth-order valence-electron chi connectivity index (χ4n) is 3.18. The SMILES string of the molecule is COc1ccc(NC(=O)Cn2nc(C3CC3)n(-c3ccccc3)c2=O)c(OC)c1. The number of hydrogen-bond donors (Lipinski definition) is 1. The number of carbonyl (C=O) groups excluding carboxylic acids is 1. The van der Waals surface area contributed by atoms with Gasteiger partial charge in [-0.15, -0.1) is 0 Å². The van der Waals surface area contributed by atoms with Crippen molar-refractivity contribution in [3.8, 4) is 17.2 Å². The van der Waals surface area contributed by atoms with Crippen LogP contribution in [0.5, 0.6) is 11.5 Å². The van der Waals surface area contributed by atoms with Crippen molar-refractivity contribution in [1.82, 2.24) is 14.3 Å². The number of nitrogens with one attached hydrogen (secondary N) is 1. The molecule has 1 aliphatic rings. The van der Waals surface area contributed by atoms with Crippen LogP contribution in [0.1, 0.15) is 24.6 Å². The molecule has 8 heteroatoms. The van der Waals surface area contributed by atoms with Crippen molar-refractivity contribution in [1.29, 1.82) is 0 Å². The van der Waals surface area contributed by atoms with Crippen LogP contribution in [0, 0.1) is 0 Å². The monoisotopic (exact) mass is 394 g/mol. The Bertz CT molecular complexity index is 1080. The first kappa shape index (κ1) is 18.8. The molecule has 0 aliphatic heterocycles. The largest absolute Gasteiger partial charge is 0.497 e. The molecule has 1 fully saturated rings. The summed E-state index contributed by atoms with van der Waals surface area (Å²) in [5.41, 5.74) is 0.925. The van der Waals surface area contributed by atoms with Crippen LogP contribution >= 0.6 is 0 Å². The third-order valence-corrected chi connectivity index (χ3v) is 4.80. The highest BCUT2D eigenvalue weighted by Gasteiger charge is 2.31. The minimum Gasteiger partial charge on any atom is -0.497 e. The quantitative estimate of drug-likeness (QED) is 0.666. The Kier molecular flexibility index (Phi) is 5.07. The molecule has 150 valence electrons. The average molecular weight is 394 g/mol. The van der Waals surface area contributed by atoms with Crippen LogP contribution in [0.15, 0.2) is 53.3 Å². The van der Waals surface area contributed by atoms with Crippen LogP contribution in [0.4, 0.5) is 5.69 Å². The van der Waals surface area contributed by atoms with Crippen molar-refractivity contribution >= 4 is 11.6 Å². The second-order valence-electron chi connectivity index (χ2n) is 6.86. The third-order valence-electron chi connectivity index (χ3n) is 4.80. The number of aromatic nitrogens is 3. The number of nitrogens with zero attached hydrogens (tertiary/aromatic N) is 3. The minimum absolute atomic E-state index is 0.187. The Morgan fingerprint density at radius 1 is 1.14 bits per heavy atom. The molecule has 1 saturated carbocycles. The lowest BCUT2D eigenvalue weighted by molar-refractivity contribution is -0.117. The lowest BCUT2D eigenvalue weighted by Gasteiger charge is -2.11. The molecule has 3 aromatic rings. The highest BCUT2D eigenvalue weighted by molar-refractivity contribution is 5.92. The number of rotatable bonds is 7. The van der Waals surface area contributed by atoms with Gasteiger partial charge in [0.2, 0.25) is 5.91 Å². The van der Waals surface area contributed by atoms with E-state index in [2.05, 4.69) is 10.4 Å². The van der Waals surface area contributed by atoms with Gasteiger partial charge in [0, 0.05) is 12.0 Å². The average Bonchev–Trinajstić information content (AvgIpc) is 3.54. The van der Waals surface area contributed by atoms with Crippen LogP contribution in [-0.4, -0.2) is 34.5 Å². The minimum atomic E-state index is -0.365. The zero-order chi connectivity index (χ0) is 20.4. The topological polar surface area (TPSA) is 87.4 Å². The lowest BCUT2D eigenvalue weighted by Crippen LogP contribution is -2.29. The molecule has 1 aliphatic carbocycles. The van der Waals surface area contributed by atoms with E-state index in [9.17, 15) is 9.59 Å². The number of carbonyl (C=O) groups is 1. The van der Waals surface area contributed by atoms with Crippen LogP contribution < -0.4 is 20.5 Å². The zero-order valence-corrected chi connectivity index (χ0v) is 16.3. The van der Waals surface area contributed by atoms with Gasteiger partial charge in [-0.2, -0.15) is 5.10 Å². The molecular weight excluding hydrogens is 372 g/mol. The van der Waals surface area contributed by atoms with E-state index in [0.717, 1.165) is 18.5 Å². The maximum atomic E-state index is 13.0. The van der Waals surface area contributed by atoms with Crippen LogP contribution in [0.3, 0.4) is 0 Å². The predicted molar refractivity (Wildman–Crippen MR) is 108 cm³/mol. The number of hydrogen-bond acceptors (Lipinski definition) is 5. The first-order chi connectivity index (χ1) is 14.1. The lowest BCUT2D eigenvalue weighted by atomic mass is 10.2. The predicted octanol–water partition coefficient (Wildman–Crippen LogP) is 2.57. The summed E-state index contributed by atoms with van der Waals surface area (Å²) in [4.78, 5) is 25.6. The number of benzene rings is 2. The second kappa shape index (κ2) is 7.83. The summed E-state index contributed by atoms with van der Waals surface area (Å²) in [5.74, 6) is 1.69. The maximum absolute atomic E-state index is 13.0. The molecular formula is C21H22N4O4. The molecule has 1 aromatic heterocycles. The van der Waals surface area contributed by atoms with Crippen molar-refractivity contribution in [2.75, 3.05) is 19.5 Å². The number of ether oxygens (including phenoxy) is 2. The molecule has 0 radical (unpaired) electrons. The van der Waals surface area contributed by atoms with Gasteiger partial charge in [-0.3, -0.25) is 4.79 Å². The van der Waals surface area contributed by atoms with E-state index in [0.29, 0.717) is 23.0 Å². The Morgan fingerprint density at radius 2 is 1.90 bits per heavy atom. The van der Waals surface area contributed by atoms with Gasteiger partial charge in [0.1, 0.15) is 23.9 Å². The van der Waals surface area contributed by atoms with Gasteiger partial charge in [0.15, 0.2) is 0 Å². The van der Waals surface area contributed by atoms with Gasteiger partial charge < -0.3 is 14.8 Å². The highest BCUT2D eigenvalue weighted by atomic mass is 16.5. The van der Waals surface area contributed by atoms with Crippen molar-refractivity contribution in [2.24, 2.45) is 0 Å². The fraction of sp³-hybridized carbons (Fsp3) is 0.286. The number of methoxy groups -OCH3 is 2. The maximum Gasteiger partial charge on any atom is 0.351 e. The molecule has 0 saturated heterocycles. The van der Waals surface area contributed by atoms with Gasteiger partial charge in [0.05, 0.1) is 25.6 Å². The molecule has 1 amide bonds. The fourth-order valence-corrected chi connectivity index (χ4v) is 3.18. The van der Waals surface area contributed by atoms with Crippen molar-refractivity contribution in [3.05, 3.63) is 64.8 Å².